The summed E-state index contributed by atoms with van der Waals surface area (Å²) in [5.41, 5.74) is 14.0. The number of pyridine rings is 1. The van der Waals surface area contributed by atoms with E-state index in [0.717, 1.165) is 89.0 Å². The monoisotopic (exact) mass is 779 g/mol. The van der Waals surface area contributed by atoms with Crippen molar-refractivity contribution in [2.75, 3.05) is 4.90 Å². The predicted molar refractivity (Wildman–Crippen MR) is 254 cm³/mol. The van der Waals surface area contributed by atoms with E-state index in [9.17, 15) is 0 Å². The third-order valence-corrected chi connectivity index (χ3v) is 12.0. The number of hydrogen-bond donors (Lipinski definition) is 0. The van der Waals surface area contributed by atoms with E-state index in [-0.39, 0.29) is 0 Å². The van der Waals surface area contributed by atoms with Gasteiger partial charge in [0.15, 0.2) is 0 Å². The fourth-order valence-corrected chi connectivity index (χ4v) is 9.17. The van der Waals surface area contributed by atoms with Crippen molar-refractivity contribution >= 4 is 71.7 Å². The quantitative estimate of drug-likeness (QED) is 0.162. The molecule has 0 saturated carbocycles. The van der Waals surface area contributed by atoms with E-state index in [4.69, 9.17) is 9.40 Å². The summed E-state index contributed by atoms with van der Waals surface area (Å²) >= 11 is 0. The fourth-order valence-electron chi connectivity index (χ4n) is 9.17. The average Bonchev–Trinajstić information content (AvgIpc) is 3.88. The van der Waals surface area contributed by atoms with Crippen molar-refractivity contribution in [3.05, 3.63) is 225 Å². The molecule has 0 unspecified atom stereocenters. The molecule has 0 aliphatic carbocycles. The van der Waals surface area contributed by atoms with Crippen LogP contribution in [-0.2, 0) is 0 Å². The van der Waals surface area contributed by atoms with Gasteiger partial charge in [0.2, 0.25) is 0 Å². The number of anilines is 3. The number of benzene rings is 9. The summed E-state index contributed by atoms with van der Waals surface area (Å²) < 4.78 is 8.86. The Kier molecular flexibility index (Phi) is 8.13. The molecule has 3 heterocycles. The lowest BCUT2D eigenvalue weighted by Crippen LogP contribution is -2.12. The molecule has 286 valence electrons. The van der Waals surface area contributed by atoms with Crippen molar-refractivity contribution < 1.29 is 4.42 Å². The van der Waals surface area contributed by atoms with Crippen LogP contribution in [0.1, 0.15) is 0 Å². The minimum atomic E-state index is 0.766. The number of furan rings is 1. The molecule has 0 spiro atoms. The molecule has 9 aromatic carbocycles. The van der Waals surface area contributed by atoms with Crippen LogP contribution in [0.3, 0.4) is 0 Å². The highest BCUT2D eigenvalue weighted by Crippen LogP contribution is 2.45. The largest absolute Gasteiger partial charge is 0.456 e. The molecule has 0 radical (unpaired) electrons. The third kappa shape index (κ3) is 5.88. The maximum atomic E-state index is 6.49. The minimum absolute atomic E-state index is 0.766. The van der Waals surface area contributed by atoms with Crippen molar-refractivity contribution in [3.63, 3.8) is 0 Å². The summed E-state index contributed by atoms with van der Waals surface area (Å²) in [5.74, 6) is 0.766. The highest BCUT2D eigenvalue weighted by Gasteiger charge is 2.22. The summed E-state index contributed by atoms with van der Waals surface area (Å²) in [7, 11) is 0. The van der Waals surface area contributed by atoms with Crippen LogP contribution in [0, 0.1) is 0 Å². The molecule has 0 aliphatic rings. The van der Waals surface area contributed by atoms with E-state index in [1.165, 1.54) is 21.8 Å². The normalized spacial score (nSPS) is 11.6. The van der Waals surface area contributed by atoms with E-state index in [2.05, 4.69) is 210 Å². The maximum absolute atomic E-state index is 6.49. The molecule has 0 atom stereocenters. The number of para-hydroxylation sites is 3. The van der Waals surface area contributed by atoms with Crippen LogP contribution in [0.2, 0.25) is 0 Å². The first-order chi connectivity index (χ1) is 30.2. The van der Waals surface area contributed by atoms with Gasteiger partial charge in [-0.05, 0) is 93.4 Å². The number of aromatic nitrogens is 2. The van der Waals surface area contributed by atoms with Crippen LogP contribution in [0.5, 0.6) is 0 Å². The highest BCUT2D eigenvalue weighted by molar-refractivity contribution is 6.10. The van der Waals surface area contributed by atoms with Crippen LogP contribution in [0.4, 0.5) is 17.2 Å². The Labute approximate surface area is 352 Å². The molecule has 12 rings (SSSR count). The molecule has 61 heavy (non-hydrogen) atoms. The summed E-state index contributed by atoms with van der Waals surface area (Å²) in [4.78, 5) is 7.53. The van der Waals surface area contributed by atoms with Crippen molar-refractivity contribution in [2.24, 2.45) is 0 Å². The average molecular weight is 780 g/mol. The summed E-state index contributed by atoms with van der Waals surface area (Å²) in [5, 5.41) is 6.82. The Morgan fingerprint density at radius 2 is 1.00 bits per heavy atom. The summed E-state index contributed by atoms with van der Waals surface area (Å²) in [6, 6.07) is 77.9. The van der Waals surface area contributed by atoms with Crippen LogP contribution < -0.4 is 4.90 Å². The van der Waals surface area contributed by atoms with Gasteiger partial charge in [0.05, 0.1) is 16.7 Å². The smallest absolute Gasteiger partial charge is 0.141 e. The Balaban J connectivity index is 1.08. The van der Waals surface area contributed by atoms with E-state index in [1.807, 2.05) is 24.4 Å². The van der Waals surface area contributed by atoms with Gasteiger partial charge >= 0.3 is 0 Å². The fraction of sp³-hybridized carbons (Fsp3) is 0. The molecular weight excluding hydrogens is 743 g/mol. The lowest BCUT2D eigenvalue weighted by molar-refractivity contribution is 0.668. The van der Waals surface area contributed by atoms with Crippen molar-refractivity contribution in [1.29, 1.82) is 0 Å². The second-order valence-corrected chi connectivity index (χ2v) is 15.6. The number of rotatable bonds is 7. The number of nitrogens with zero attached hydrogens (tertiary/aromatic N) is 3. The second-order valence-electron chi connectivity index (χ2n) is 15.6. The van der Waals surface area contributed by atoms with Crippen molar-refractivity contribution in [3.8, 4) is 39.1 Å². The molecule has 0 fully saturated rings. The SMILES string of the molecule is c1ccc(-c2cc(N(c3ccc(-c4ccccc4)c(-c4ccc(-n5c6ccccc6c6ccccc65)cc4)c3)c3cc4oc5ccccc5c4cn3)c3ccccc3c2)cc1. The first-order valence-corrected chi connectivity index (χ1v) is 20.7. The first-order valence-electron chi connectivity index (χ1n) is 20.7. The first kappa shape index (κ1) is 34.8. The molecule has 4 nitrogen and oxygen atoms in total. The zero-order valence-electron chi connectivity index (χ0n) is 33.1. The molecule has 0 amide bonds. The van der Waals surface area contributed by atoms with Gasteiger partial charge < -0.3 is 8.98 Å². The van der Waals surface area contributed by atoms with E-state index < -0.39 is 0 Å². The molecule has 3 aromatic heterocycles. The third-order valence-electron chi connectivity index (χ3n) is 12.0. The van der Waals surface area contributed by atoms with Gasteiger partial charge in [-0.15, -0.1) is 0 Å². The Morgan fingerprint density at radius 1 is 0.393 bits per heavy atom. The zero-order chi connectivity index (χ0) is 40.3. The van der Waals surface area contributed by atoms with E-state index >= 15 is 0 Å². The van der Waals surface area contributed by atoms with Gasteiger partial charge in [0.25, 0.3) is 0 Å². The highest BCUT2D eigenvalue weighted by atomic mass is 16.3. The standard InChI is InChI=1S/C57H37N3O/c1-3-15-38(16-4-1)42-33-41-19-7-8-20-46(41)54(34-42)60(57-36-56-51(37-58-57)49-23-11-14-26-55(49)61-56)44-31-32-45(39-17-5-2-6-18-39)50(35-44)40-27-29-43(30-28-40)59-52-24-12-9-21-47(52)48-22-10-13-25-53(48)59/h1-37H. The van der Waals surface area contributed by atoms with Gasteiger partial charge in [0.1, 0.15) is 17.0 Å². The van der Waals surface area contributed by atoms with Crippen molar-refractivity contribution in [1.82, 2.24) is 9.55 Å². The molecule has 12 aromatic rings. The Hall–Kier alpha value is -8.21. The molecule has 0 aliphatic heterocycles. The Bertz CT molecular complexity index is 3530. The summed E-state index contributed by atoms with van der Waals surface area (Å²) in [6.07, 6.45) is 1.96. The van der Waals surface area contributed by atoms with Crippen LogP contribution in [-0.4, -0.2) is 9.55 Å². The number of hydrogen-bond acceptors (Lipinski definition) is 3. The predicted octanol–water partition coefficient (Wildman–Crippen LogP) is 15.7. The lowest BCUT2D eigenvalue weighted by atomic mass is 9.93. The van der Waals surface area contributed by atoms with Crippen molar-refractivity contribution in [2.45, 2.75) is 0 Å². The van der Waals surface area contributed by atoms with Gasteiger partial charge in [-0.3, -0.25) is 4.90 Å². The van der Waals surface area contributed by atoms with Crippen LogP contribution in [0.15, 0.2) is 229 Å². The molecule has 0 bridgehead atoms. The second kappa shape index (κ2) is 14.3. The topological polar surface area (TPSA) is 34.2 Å². The van der Waals surface area contributed by atoms with Gasteiger partial charge in [0, 0.05) is 50.6 Å². The van der Waals surface area contributed by atoms with Gasteiger partial charge in [-0.25, -0.2) is 4.98 Å². The maximum Gasteiger partial charge on any atom is 0.141 e. The summed E-state index contributed by atoms with van der Waals surface area (Å²) in [6.45, 7) is 0. The van der Waals surface area contributed by atoms with E-state index in [1.54, 1.807) is 0 Å². The number of fused-ring (bicyclic) bond motifs is 7. The molecular formula is C57H37N3O. The molecule has 0 saturated heterocycles. The minimum Gasteiger partial charge on any atom is -0.456 e. The van der Waals surface area contributed by atoms with Gasteiger partial charge in [-0.2, -0.15) is 0 Å². The van der Waals surface area contributed by atoms with Gasteiger partial charge in [-0.1, -0.05) is 158 Å². The van der Waals surface area contributed by atoms with E-state index in [0.29, 0.717) is 0 Å². The van der Waals surface area contributed by atoms with Crippen LogP contribution >= 0.6 is 0 Å². The van der Waals surface area contributed by atoms with Crippen LogP contribution in [0.25, 0.3) is 93.6 Å². The Morgan fingerprint density at radius 3 is 1.74 bits per heavy atom. The lowest BCUT2D eigenvalue weighted by Gasteiger charge is -2.27. The zero-order valence-corrected chi connectivity index (χ0v) is 33.1. The molecule has 0 N–H and O–H groups in total. The molecule has 4 heteroatoms.